The fraction of sp³-hybridized carbons (Fsp3) is 0.563. The van der Waals surface area contributed by atoms with E-state index in [1.54, 1.807) is 30.3 Å². The molecule has 4 aromatic carbocycles. The van der Waals surface area contributed by atoms with Crippen molar-refractivity contribution >= 4 is 52.8 Å². The van der Waals surface area contributed by atoms with Crippen molar-refractivity contribution in [1.82, 2.24) is 26.6 Å². The minimum absolute atomic E-state index is 0.0230. The lowest BCUT2D eigenvalue weighted by Crippen LogP contribution is -2.65. The summed E-state index contributed by atoms with van der Waals surface area (Å²) in [6.45, 7) is 7.07. The van der Waals surface area contributed by atoms with Crippen LogP contribution in [0.5, 0.6) is 28.7 Å². The standard InChI is InChI=1S/C69H96N8O18.C2HF3O2/c1-5-7-9-11-13-15-17-19-24-28-57(79)73-60(68(86)87)59-46-40-54(92-48-33-31-47(32-34-48)76(88)89)64(95-69-61(63(82)62(81)56(42-78)94-69)74-58(80)29-25-20-18-16-14-12-10-8-6-2)55(41-46)93-53-35-30-45(39-52(53)77(90)91)38-51(71-65(83)49(70)36-43(3)4)66(84)72-50(67(85)75-59)37-44-26-22-21-23-27-44;3-2(4,5)1(6)7/h21-23,26-27,30-35,39-41,43,49-51,56,59-63,69,78,81-82H,5-20,24-25,28-29,36-38,42,70H2,1-4H3,(H,71,83)(H,72,84)(H,73,79)(H,74,80)(H,75,85)(H,86,87);(H,6,7)/t49-,50+,51-,56-,59-,60-,61-,62-,63-,69+;/m1./s1. The number of carboxylic acids is 2. The number of benzene rings is 4. The number of non-ortho nitro benzene ring substituents is 1. The van der Waals surface area contributed by atoms with Gasteiger partial charge in [-0.05, 0) is 72.2 Å². The number of fused-ring (bicyclic) bond motifs is 9. The summed E-state index contributed by atoms with van der Waals surface area (Å²) < 4.78 is 57.5. The first-order valence-electron chi connectivity index (χ1n) is 34.7. The van der Waals surface area contributed by atoms with Gasteiger partial charge in [0.2, 0.25) is 47.3 Å². The number of carbonyl (C=O) groups is 7. The summed E-state index contributed by atoms with van der Waals surface area (Å²) in [6, 6.07) is 9.02. The molecule has 0 radical (unpaired) electrons. The number of carbonyl (C=O) groups excluding carboxylic acids is 5. The molecule has 0 aliphatic carbocycles. The number of nitro groups is 2. The first-order valence-corrected chi connectivity index (χ1v) is 34.7. The van der Waals surface area contributed by atoms with E-state index in [2.05, 4.69) is 40.4 Å². The Labute approximate surface area is 589 Å². The van der Waals surface area contributed by atoms with Gasteiger partial charge in [0.25, 0.3) is 5.69 Å². The van der Waals surface area contributed by atoms with Gasteiger partial charge < -0.3 is 76.8 Å². The zero-order chi connectivity index (χ0) is 75.1. The topological polar surface area (TPSA) is 430 Å². The minimum atomic E-state index is -5.08. The molecule has 4 aromatic rings. The van der Waals surface area contributed by atoms with Crippen LogP contribution in [-0.2, 0) is 51.1 Å². The summed E-state index contributed by atoms with van der Waals surface area (Å²) in [5, 5.41) is 90.8. The van der Waals surface area contributed by atoms with Gasteiger partial charge in [0, 0.05) is 43.9 Å². The Morgan fingerprint density at radius 2 is 1.28 bits per heavy atom. The van der Waals surface area contributed by atoms with Crippen molar-refractivity contribution in [2.75, 3.05) is 6.61 Å². The van der Waals surface area contributed by atoms with Crippen LogP contribution in [0, 0.1) is 26.1 Å². The summed E-state index contributed by atoms with van der Waals surface area (Å²) in [6.07, 6.45) is 3.94. The number of rotatable bonds is 37. The van der Waals surface area contributed by atoms with Gasteiger partial charge in [-0.25, -0.2) is 9.59 Å². The second-order valence-corrected chi connectivity index (χ2v) is 25.9. The molecular weight excluding hydrogens is 1340 g/mol. The van der Waals surface area contributed by atoms with E-state index in [1.807, 2.05) is 13.8 Å². The first kappa shape index (κ1) is 83.6. The number of nitrogens with two attached hydrogens (primary N) is 1. The van der Waals surface area contributed by atoms with Gasteiger partial charge in [-0.1, -0.05) is 167 Å². The second-order valence-electron chi connectivity index (χ2n) is 25.9. The zero-order valence-corrected chi connectivity index (χ0v) is 57.9. The molecule has 0 saturated carbocycles. The van der Waals surface area contributed by atoms with Crippen LogP contribution in [0.15, 0.2) is 84.9 Å². The van der Waals surface area contributed by atoms with Crippen LogP contribution in [0.2, 0.25) is 0 Å². The predicted molar refractivity (Wildman–Crippen MR) is 366 cm³/mol. The van der Waals surface area contributed by atoms with Gasteiger partial charge in [-0.3, -0.25) is 44.2 Å². The number of nitrogens with zero attached hydrogens (tertiary/aromatic N) is 2. The van der Waals surface area contributed by atoms with Crippen molar-refractivity contribution in [3.8, 4) is 28.7 Å². The molecule has 7 rings (SSSR count). The van der Waals surface area contributed by atoms with Gasteiger partial charge in [-0.15, -0.1) is 0 Å². The molecule has 3 aliphatic heterocycles. The molecule has 4 bridgehead atoms. The number of ether oxygens (including phenoxy) is 4. The fourth-order valence-corrected chi connectivity index (χ4v) is 11.6. The largest absolute Gasteiger partial charge is 0.490 e. The van der Waals surface area contributed by atoms with Gasteiger partial charge in [-0.2, -0.15) is 13.2 Å². The predicted octanol–water partition coefficient (Wildman–Crippen LogP) is 9.73. The number of nitrogens with one attached hydrogen (secondary N) is 5. The van der Waals surface area contributed by atoms with Crippen LogP contribution in [0.1, 0.15) is 185 Å². The maximum absolute atomic E-state index is 15.4. The monoisotopic (exact) mass is 1440 g/mol. The Hall–Kier alpha value is -9.04. The molecule has 1 fully saturated rings. The molecule has 12 N–H and O–H groups in total. The average Bonchev–Trinajstić information content (AvgIpc) is 0.771. The van der Waals surface area contributed by atoms with Crippen molar-refractivity contribution in [3.63, 3.8) is 0 Å². The highest BCUT2D eigenvalue weighted by Crippen LogP contribution is 2.48. The maximum Gasteiger partial charge on any atom is 0.490 e. The molecule has 562 valence electrons. The summed E-state index contributed by atoms with van der Waals surface area (Å²) in [5.41, 5.74) is 5.56. The maximum atomic E-state index is 15.4. The van der Waals surface area contributed by atoms with Crippen molar-refractivity contribution < 1.29 is 101 Å². The van der Waals surface area contributed by atoms with Crippen LogP contribution in [-0.4, -0.2) is 144 Å². The second kappa shape index (κ2) is 42.4. The Kier molecular flexibility index (Phi) is 34.8. The van der Waals surface area contributed by atoms with Crippen molar-refractivity contribution in [1.29, 1.82) is 0 Å². The van der Waals surface area contributed by atoms with Gasteiger partial charge >= 0.3 is 23.8 Å². The van der Waals surface area contributed by atoms with Crippen molar-refractivity contribution in [2.45, 2.75) is 242 Å². The Bertz CT molecular complexity index is 3390. The normalized spacial score (nSPS) is 19.7. The molecule has 102 heavy (non-hydrogen) atoms. The quantitative estimate of drug-likeness (QED) is 0.0114. The number of carboxylic acid groups (broad SMARTS) is 2. The fourth-order valence-electron chi connectivity index (χ4n) is 11.6. The number of aliphatic hydroxyl groups is 3. The van der Waals surface area contributed by atoms with Gasteiger partial charge in [0.1, 0.15) is 42.2 Å². The zero-order valence-electron chi connectivity index (χ0n) is 57.9. The molecule has 10 atom stereocenters. The van der Waals surface area contributed by atoms with E-state index in [1.165, 1.54) is 24.3 Å². The molecule has 31 heteroatoms. The van der Waals surface area contributed by atoms with E-state index < -0.39 is 160 Å². The number of amides is 5. The minimum Gasteiger partial charge on any atom is -0.480 e. The Morgan fingerprint density at radius 1 is 0.716 bits per heavy atom. The van der Waals surface area contributed by atoms with Crippen LogP contribution < -0.4 is 46.5 Å². The number of aliphatic carboxylic acids is 2. The molecule has 3 aliphatic rings. The molecule has 28 nitrogen and oxygen atoms in total. The molecular formula is C71H97F3N8O20. The van der Waals surface area contributed by atoms with E-state index in [9.17, 15) is 77.8 Å². The number of aliphatic hydroxyl groups excluding tert-OH is 3. The van der Waals surface area contributed by atoms with Crippen molar-refractivity contribution in [3.05, 3.63) is 122 Å². The summed E-state index contributed by atoms with van der Waals surface area (Å²) in [5.74, 6) is -10.8. The number of unbranched alkanes of at least 4 members (excludes halogenated alkanes) is 16. The van der Waals surface area contributed by atoms with E-state index in [0.717, 1.165) is 120 Å². The lowest BCUT2D eigenvalue weighted by Gasteiger charge is -2.42. The molecule has 5 amide bonds. The van der Waals surface area contributed by atoms with E-state index >= 15 is 4.79 Å². The van der Waals surface area contributed by atoms with E-state index in [0.29, 0.717) is 31.2 Å². The molecule has 3 heterocycles. The molecule has 0 spiro atoms. The average molecular weight is 1440 g/mol. The first-order chi connectivity index (χ1) is 48.5. The highest BCUT2D eigenvalue weighted by molar-refractivity contribution is 5.94. The number of nitro benzene ring substituents is 2. The highest BCUT2D eigenvalue weighted by Gasteiger charge is 2.48. The summed E-state index contributed by atoms with van der Waals surface area (Å²) in [7, 11) is 0. The summed E-state index contributed by atoms with van der Waals surface area (Å²) in [4.78, 5) is 119. The van der Waals surface area contributed by atoms with Crippen LogP contribution in [0.3, 0.4) is 0 Å². The van der Waals surface area contributed by atoms with Crippen molar-refractivity contribution in [2.24, 2.45) is 11.7 Å². The number of hydrogen-bond donors (Lipinski definition) is 11. The lowest BCUT2D eigenvalue weighted by atomic mass is 9.95. The molecule has 0 aromatic heterocycles. The van der Waals surface area contributed by atoms with E-state index in [4.69, 9.17) is 34.6 Å². The van der Waals surface area contributed by atoms with Crippen LogP contribution in [0.25, 0.3) is 0 Å². The third-order valence-electron chi connectivity index (χ3n) is 17.1. The highest BCUT2D eigenvalue weighted by atomic mass is 19.4. The summed E-state index contributed by atoms with van der Waals surface area (Å²) >= 11 is 0. The van der Waals surface area contributed by atoms with Crippen LogP contribution in [0.4, 0.5) is 24.5 Å². The molecule has 1 saturated heterocycles. The third kappa shape index (κ3) is 27.4. The smallest absolute Gasteiger partial charge is 0.480 e. The van der Waals surface area contributed by atoms with Gasteiger partial charge in [0.15, 0.2) is 17.5 Å². The number of hydrogen-bond acceptors (Lipinski definition) is 19. The third-order valence-corrected chi connectivity index (χ3v) is 17.1. The van der Waals surface area contributed by atoms with Gasteiger partial charge in [0.05, 0.1) is 28.5 Å². The number of halogens is 3. The lowest BCUT2D eigenvalue weighted by molar-refractivity contribution is -0.385. The number of alkyl halides is 3. The van der Waals surface area contributed by atoms with E-state index in [-0.39, 0.29) is 54.2 Å². The Balaban J connectivity index is 0.00000253. The van der Waals surface area contributed by atoms with Crippen LogP contribution >= 0.6 is 0 Å². The molecule has 0 unspecified atom stereocenters. The SMILES string of the molecule is CCCCCCCCCCCC(=O)N[C@H]1[C@H](Oc2c(Oc3ccc([N+](=O)[O-])cc3)cc3cc2Oc2ccc(cc2[N+](=O)[O-])C[C@@H](NC(=O)[C@H](N)CC(C)C)C(=O)N[C@@H](Cc2ccccc2)C(=O)N[C@H]3[C@@H](NC(=O)CCCCCCCCCCC)C(=O)O)O[C@H](CO)[C@@H](O)[C@@H]1O.O=C(O)C(F)(F)F. The Morgan fingerprint density at radius 3 is 1.81 bits per heavy atom.